The van der Waals surface area contributed by atoms with Crippen molar-refractivity contribution >= 4 is 29.4 Å². The fraction of sp³-hybridized carbons (Fsp3) is 0.700. The SMILES string of the molecule is C#CC1(F)CN(C(=O)C2CSCCS2)C1. The molecule has 2 aliphatic heterocycles. The predicted octanol–water partition coefficient (Wildman–Crippen LogP) is 1.02. The average molecular weight is 245 g/mol. The molecule has 15 heavy (non-hydrogen) atoms. The van der Waals surface area contributed by atoms with E-state index in [1.807, 2.05) is 0 Å². The van der Waals surface area contributed by atoms with E-state index in [-0.39, 0.29) is 24.2 Å². The standard InChI is InChI=1S/C10H12FNOS2/c1-2-10(11)6-12(7-10)9(13)8-5-14-3-4-15-8/h1,8H,3-7H2. The van der Waals surface area contributed by atoms with E-state index in [4.69, 9.17) is 6.42 Å². The van der Waals surface area contributed by atoms with Crippen LogP contribution in [0.3, 0.4) is 0 Å². The highest BCUT2D eigenvalue weighted by atomic mass is 32.2. The molecule has 1 atom stereocenters. The minimum Gasteiger partial charge on any atom is -0.333 e. The molecule has 2 nitrogen and oxygen atoms in total. The molecule has 82 valence electrons. The first-order chi connectivity index (χ1) is 7.14. The Kier molecular flexibility index (Phi) is 3.17. The molecular weight excluding hydrogens is 233 g/mol. The molecule has 0 aromatic rings. The van der Waals surface area contributed by atoms with Gasteiger partial charge in [0.25, 0.3) is 0 Å². The van der Waals surface area contributed by atoms with Gasteiger partial charge in [-0.2, -0.15) is 11.8 Å². The molecule has 0 saturated carbocycles. The largest absolute Gasteiger partial charge is 0.333 e. The number of carbonyl (C=O) groups excluding carboxylic acids is 1. The maximum absolute atomic E-state index is 13.4. The van der Waals surface area contributed by atoms with Crippen LogP contribution in [0.15, 0.2) is 0 Å². The van der Waals surface area contributed by atoms with Crippen molar-refractivity contribution in [3.63, 3.8) is 0 Å². The van der Waals surface area contributed by atoms with Crippen molar-refractivity contribution in [2.45, 2.75) is 10.9 Å². The molecule has 1 amide bonds. The number of carbonyl (C=O) groups is 1. The number of halogens is 1. The molecule has 2 rings (SSSR count). The third kappa shape index (κ3) is 2.26. The van der Waals surface area contributed by atoms with Crippen molar-refractivity contribution < 1.29 is 9.18 Å². The van der Waals surface area contributed by atoms with Gasteiger partial charge in [0.15, 0.2) is 0 Å². The van der Waals surface area contributed by atoms with Crippen molar-refractivity contribution in [3.8, 4) is 12.3 Å². The predicted molar refractivity (Wildman–Crippen MR) is 62.8 cm³/mol. The molecule has 5 heteroatoms. The minimum absolute atomic E-state index is 0.00562. The molecule has 0 aromatic carbocycles. The van der Waals surface area contributed by atoms with Crippen molar-refractivity contribution in [2.75, 3.05) is 30.3 Å². The fourth-order valence-electron chi connectivity index (χ4n) is 1.64. The van der Waals surface area contributed by atoms with Crippen LogP contribution in [0.5, 0.6) is 0 Å². The molecule has 0 aliphatic carbocycles. The van der Waals surface area contributed by atoms with Crippen LogP contribution in [0.4, 0.5) is 4.39 Å². The zero-order chi connectivity index (χ0) is 10.9. The number of rotatable bonds is 1. The van der Waals surface area contributed by atoms with Crippen molar-refractivity contribution in [1.82, 2.24) is 4.90 Å². The molecule has 0 radical (unpaired) electrons. The van der Waals surface area contributed by atoms with E-state index in [0.29, 0.717) is 0 Å². The van der Waals surface area contributed by atoms with Crippen LogP contribution in [-0.4, -0.2) is 52.1 Å². The van der Waals surface area contributed by atoms with E-state index in [1.54, 1.807) is 23.5 Å². The summed E-state index contributed by atoms with van der Waals surface area (Å²) < 4.78 is 13.4. The molecule has 0 spiro atoms. The molecular formula is C10H12FNOS2. The zero-order valence-corrected chi connectivity index (χ0v) is 9.87. The van der Waals surface area contributed by atoms with Crippen LogP contribution >= 0.6 is 23.5 Å². The summed E-state index contributed by atoms with van der Waals surface area (Å²) in [5.41, 5.74) is -1.57. The van der Waals surface area contributed by atoms with Crippen molar-refractivity contribution in [2.24, 2.45) is 0 Å². The second kappa shape index (κ2) is 4.26. The second-order valence-corrected chi connectivity index (χ2v) is 6.20. The number of nitrogens with zero attached hydrogens (tertiary/aromatic N) is 1. The Morgan fingerprint density at radius 2 is 2.27 bits per heavy atom. The summed E-state index contributed by atoms with van der Waals surface area (Å²) in [4.78, 5) is 13.4. The van der Waals surface area contributed by atoms with Gasteiger partial charge in [-0.25, -0.2) is 4.39 Å². The first-order valence-electron chi connectivity index (χ1n) is 4.79. The summed E-state index contributed by atoms with van der Waals surface area (Å²) in [6, 6.07) is 0. The van der Waals surface area contributed by atoms with Crippen LogP contribution in [0.25, 0.3) is 0 Å². The van der Waals surface area contributed by atoms with Gasteiger partial charge in [-0.05, 0) is 0 Å². The van der Waals surface area contributed by atoms with Gasteiger partial charge in [-0.3, -0.25) is 4.79 Å². The van der Waals surface area contributed by atoms with Crippen molar-refractivity contribution in [3.05, 3.63) is 0 Å². The summed E-state index contributed by atoms with van der Waals surface area (Å²) in [7, 11) is 0. The Hall–Kier alpha value is -0.340. The van der Waals surface area contributed by atoms with Gasteiger partial charge in [0.2, 0.25) is 11.6 Å². The monoisotopic (exact) mass is 245 g/mol. The highest BCUT2D eigenvalue weighted by Gasteiger charge is 2.46. The molecule has 0 bridgehead atoms. The van der Waals surface area contributed by atoms with Gasteiger partial charge in [-0.1, -0.05) is 5.92 Å². The smallest absolute Gasteiger partial charge is 0.236 e. The molecule has 2 aliphatic rings. The molecule has 2 saturated heterocycles. The van der Waals surface area contributed by atoms with Crippen LogP contribution in [0, 0.1) is 12.3 Å². The van der Waals surface area contributed by atoms with E-state index in [2.05, 4.69) is 5.92 Å². The number of hydrogen-bond acceptors (Lipinski definition) is 3. The zero-order valence-electron chi connectivity index (χ0n) is 8.24. The number of amides is 1. The minimum atomic E-state index is -1.57. The summed E-state index contributed by atoms with van der Waals surface area (Å²) in [6.07, 6.45) is 5.04. The Bertz CT molecular complexity index is 303. The van der Waals surface area contributed by atoms with Crippen LogP contribution in [0.2, 0.25) is 0 Å². The van der Waals surface area contributed by atoms with E-state index < -0.39 is 5.67 Å². The summed E-state index contributed by atoms with van der Waals surface area (Å²) in [5.74, 6) is 5.10. The maximum Gasteiger partial charge on any atom is 0.236 e. The fourth-order valence-corrected chi connectivity index (χ4v) is 4.27. The lowest BCUT2D eigenvalue weighted by Crippen LogP contribution is -2.62. The first kappa shape index (κ1) is 11.2. The average Bonchev–Trinajstić information content (AvgIpc) is 2.25. The van der Waals surface area contributed by atoms with E-state index in [1.165, 1.54) is 4.90 Å². The number of terminal acetylenes is 1. The van der Waals surface area contributed by atoms with Gasteiger partial charge in [-0.15, -0.1) is 18.2 Å². The number of thioether (sulfide) groups is 2. The highest BCUT2D eigenvalue weighted by Crippen LogP contribution is 2.30. The van der Waals surface area contributed by atoms with Crippen LogP contribution in [0.1, 0.15) is 0 Å². The number of likely N-dealkylation sites (tertiary alicyclic amines) is 1. The highest BCUT2D eigenvalue weighted by molar-refractivity contribution is 8.07. The topological polar surface area (TPSA) is 20.3 Å². The third-order valence-corrected chi connectivity index (χ3v) is 5.29. The molecule has 2 heterocycles. The third-order valence-electron chi connectivity index (χ3n) is 2.54. The van der Waals surface area contributed by atoms with Crippen molar-refractivity contribution in [1.29, 1.82) is 0 Å². The van der Waals surface area contributed by atoms with Crippen LogP contribution < -0.4 is 0 Å². The Balaban J connectivity index is 1.86. The molecule has 0 N–H and O–H groups in total. The lowest BCUT2D eigenvalue weighted by Gasteiger charge is -2.42. The summed E-state index contributed by atoms with van der Waals surface area (Å²) >= 11 is 3.46. The number of hydrogen-bond donors (Lipinski definition) is 0. The Morgan fingerprint density at radius 1 is 1.53 bits per heavy atom. The maximum atomic E-state index is 13.4. The summed E-state index contributed by atoms with van der Waals surface area (Å²) in [5, 5.41) is 0.00562. The molecule has 1 unspecified atom stereocenters. The number of alkyl halides is 1. The lowest BCUT2D eigenvalue weighted by atomic mass is 9.97. The van der Waals surface area contributed by atoms with E-state index in [0.717, 1.165) is 17.3 Å². The second-order valence-electron chi connectivity index (χ2n) is 3.74. The first-order valence-corrected chi connectivity index (χ1v) is 7.00. The molecule has 2 fully saturated rings. The van der Waals surface area contributed by atoms with Gasteiger partial charge in [0.05, 0.1) is 18.3 Å². The normalized spacial score (nSPS) is 29.1. The Labute approximate surface area is 97.3 Å². The van der Waals surface area contributed by atoms with Crippen LogP contribution in [-0.2, 0) is 4.79 Å². The van der Waals surface area contributed by atoms with Gasteiger partial charge >= 0.3 is 0 Å². The Morgan fingerprint density at radius 3 is 2.80 bits per heavy atom. The van der Waals surface area contributed by atoms with E-state index >= 15 is 0 Å². The van der Waals surface area contributed by atoms with E-state index in [9.17, 15) is 9.18 Å². The summed E-state index contributed by atoms with van der Waals surface area (Å²) in [6.45, 7) is 0.147. The van der Waals surface area contributed by atoms with Gasteiger partial charge in [0, 0.05) is 17.3 Å². The van der Waals surface area contributed by atoms with Gasteiger partial charge in [0.1, 0.15) is 0 Å². The lowest BCUT2D eigenvalue weighted by molar-refractivity contribution is -0.140. The van der Waals surface area contributed by atoms with Gasteiger partial charge < -0.3 is 4.90 Å². The molecule has 0 aromatic heterocycles. The quantitative estimate of drug-likeness (QED) is 0.643.